The quantitative estimate of drug-likeness (QED) is 0.276. The van der Waals surface area contributed by atoms with E-state index in [1.54, 1.807) is 0 Å². The molecule has 2 aromatic rings. The van der Waals surface area contributed by atoms with E-state index in [9.17, 15) is 53.9 Å². The normalized spacial score (nSPS) is 27.8. The summed E-state index contributed by atoms with van der Waals surface area (Å²) in [5.74, 6) is -5.40. The zero-order valence-electron chi connectivity index (χ0n) is 34.7. The fourth-order valence-corrected chi connectivity index (χ4v) is 9.50. The fourth-order valence-electron chi connectivity index (χ4n) is 8.13. The number of benzene rings is 1. The molecule has 3 heterocycles. The molecule has 1 aromatic carbocycles. The molecule has 4 fully saturated rings. The Balaban J connectivity index is 1.40. The monoisotopic (exact) mass is 908 g/mol. The van der Waals surface area contributed by atoms with Crippen LogP contribution in [0.15, 0.2) is 18.2 Å². The zero-order chi connectivity index (χ0) is 45.6. The summed E-state index contributed by atoms with van der Waals surface area (Å²) < 4.78 is 134. The van der Waals surface area contributed by atoms with Gasteiger partial charge in [-0.2, -0.15) is 26.3 Å². The standard InChI is InChI=1S/C39H50F6N6O10S/c1-20-8-6-7-9-22-17-37(22,34(54)50-62(56,57)25-11-12-25)49-31(52)28-16-24(60-32-30(38(40,41)42)46-26-13-10-23(59-5)15-27(26)47-32)18-51(28)33(53)29(21(14-20)19-58-4)48-35(55)61-36(2,3)39(43,44)45/h10,13,15,20-22,24-25,28-29H,6-9,11-12,14,16-19H2,1-5H3,(H,48,55)(H,49,52)(H,50,54)/t20-,21+,22-,24-,28+,29+,37-/m1/s1. The van der Waals surface area contributed by atoms with Gasteiger partial charge in [0.1, 0.15) is 29.5 Å². The van der Waals surface area contributed by atoms with Gasteiger partial charge >= 0.3 is 18.4 Å². The van der Waals surface area contributed by atoms with E-state index in [4.69, 9.17) is 18.9 Å². The number of carbonyl (C=O) groups is 4. The third kappa shape index (κ3) is 10.2. The number of nitrogens with zero attached hydrogens (tertiary/aromatic N) is 3. The Hall–Kier alpha value is -4.67. The lowest BCUT2D eigenvalue weighted by Gasteiger charge is -2.35. The highest BCUT2D eigenvalue weighted by molar-refractivity contribution is 7.91. The molecule has 6 rings (SSSR count). The molecule has 23 heteroatoms. The van der Waals surface area contributed by atoms with Crippen LogP contribution in [0, 0.1) is 17.8 Å². The lowest BCUT2D eigenvalue weighted by atomic mass is 9.86. The number of hydrogen-bond donors (Lipinski definition) is 3. The van der Waals surface area contributed by atoms with E-state index in [-0.39, 0.29) is 42.1 Å². The van der Waals surface area contributed by atoms with Gasteiger partial charge in [-0.25, -0.2) is 23.2 Å². The van der Waals surface area contributed by atoms with Crippen molar-refractivity contribution >= 4 is 44.9 Å². The van der Waals surface area contributed by atoms with Gasteiger partial charge in [-0.05, 0) is 69.9 Å². The summed E-state index contributed by atoms with van der Waals surface area (Å²) in [7, 11) is -1.44. The van der Waals surface area contributed by atoms with E-state index >= 15 is 0 Å². The first-order valence-corrected chi connectivity index (χ1v) is 21.8. The molecule has 2 aliphatic carbocycles. The molecular weight excluding hydrogens is 859 g/mol. The van der Waals surface area contributed by atoms with E-state index in [0.717, 1.165) is 4.90 Å². The molecule has 0 radical (unpaired) electrons. The maximum Gasteiger partial charge on any atom is 0.438 e. The predicted molar refractivity (Wildman–Crippen MR) is 206 cm³/mol. The SMILES string of the molecule is COC[C@@H]1C[C@H](C)CCCC[C@@H]2C[C@@]2(C(=O)NS(=O)(=O)C2CC2)NC(=O)[C@@H]2C[C@@H](Oc3nc4cc(OC)ccc4nc3C(F)(F)F)CN2C(=O)[C@H]1NC(=O)OC(C)(C)C(F)(F)F. The second-order valence-corrected chi connectivity index (χ2v) is 19.1. The van der Waals surface area contributed by atoms with Crippen LogP contribution in [-0.4, -0.2) is 115 Å². The average molecular weight is 909 g/mol. The van der Waals surface area contributed by atoms with E-state index in [2.05, 4.69) is 25.3 Å². The van der Waals surface area contributed by atoms with Crippen molar-refractivity contribution < 1.29 is 72.9 Å². The van der Waals surface area contributed by atoms with Crippen molar-refractivity contribution in [3.63, 3.8) is 0 Å². The molecule has 0 unspecified atom stereocenters. The van der Waals surface area contributed by atoms with Gasteiger partial charge in [-0.3, -0.25) is 19.1 Å². The lowest BCUT2D eigenvalue weighted by molar-refractivity contribution is -0.244. The molecule has 2 saturated carbocycles. The number of fused-ring (bicyclic) bond motifs is 3. The van der Waals surface area contributed by atoms with Crippen LogP contribution < -0.4 is 24.8 Å². The highest BCUT2D eigenvalue weighted by Gasteiger charge is 2.63. The van der Waals surface area contributed by atoms with E-state index in [1.165, 1.54) is 32.4 Å². The van der Waals surface area contributed by atoms with E-state index < -0.39 is 117 Å². The summed E-state index contributed by atoms with van der Waals surface area (Å²) in [5.41, 5.74) is -6.47. The number of sulfonamides is 1. The first-order chi connectivity index (χ1) is 28.9. The highest BCUT2D eigenvalue weighted by atomic mass is 32.2. The number of nitrogens with one attached hydrogen (secondary N) is 3. The first kappa shape index (κ1) is 46.8. The minimum atomic E-state index is -5.10. The minimum Gasteiger partial charge on any atom is -0.497 e. The maximum atomic E-state index is 14.9. The van der Waals surface area contributed by atoms with Gasteiger partial charge in [-0.15, -0.1) is 0 Å². The molecule has 4 amide bonds. The minimum absolute atomic E-state index is 0.0485. The molecule has 1 aromatic heterocycles. The van der Waals surface area contributed by atoms with Gasteiger partial charge in [-0.1, -0.05) is 26.2 Å². The molecule has 3 N–H and O–H groups in total. The van der Waals surface area contributed by atoms with Crippen LogP contribution in [0.5, 0.6) is 11.6 Å². The second-order valence-electron chi connectivity index (χ2n) is 17.1. The Morgan fingerprint density at radius 1 is 0.984 bits per heavy atom. The zero-order valence-corrected chi connectivity index (χ0v) is 35.5. The Labute approximate surface area is 353 Å². The van der Waals surface area contributed by atoms with E-state index in [1.807, 2.05) is 6.92 Å². The van der Waals surface area contributed by atoms with Crippen molar-refractivity contribution in [2.75, 3.05) is 27.4 Å². The topological polar surface area (TPSA) is 204 Å². The Morgan fingerprint density at radius 3 is 2.31 bits per heavy atom. The van der Waals surface area contributed by atoms with Crippen LogP contribution in [0.25, 0.3) is 11.0 Å². The Bertz CT molecular complexity index is 2160. The Kier molecular flexibility index (Phi) is 13.2. The fraction of sp³-hybridized carbons (Fsp3) is 0.692. The van der Waals surface area contributed by atoms with Crippen molar-refractivity contribution in [2.24, 2.45) is 17.8 Å². The van der Waals surface area contributed by atoms with Crippen LogP contribution in [0.1, 0.15) is 84.3 Å². The number of hydrogen-bond acceptors (Lipinski definition) is 12. The van der Waals surface area contributed by atoms with Gasteiger partial charge in [0.2, 0.25) is 39.0 Å². The third-order valence-corrected chi connectivity index (χ3v) is 13.7. The summed E-state index contributed by atoms with van der Waals surface area (Å²) in [4.78, 5) is 65.2. The summed E-state index contributed by atoms with van der Waals surface area (Å²) in [5, 5.41) is 4.15. The van der Waals surface area contributed by atoms with Gasteiger partial charge < -0.3 is 34.5 Å². The molecule has 2 saturated heterocycles. The van der Waals surface area contributed by atoms with Crippen LogP contribution in [0.4, 0.5) is 31.1 Å². The average Bonchev–Trinajstić information content (AvgIpc) is 4.10. The number of alkyl halides is 6. The summed E-state index contributed by atoms with van der Waals surface area (Å²) in [6, 6.07) is 0.594. The molecule has 344 valence electrons. The van der Waals surface area contributed by atoms with Crippen LogP contribution >= 0.6 is 0 Å². The third-order valence-electron chi connectivity index (χ3n) is 11.9. The number of carbonyl (C=O) groups excluding carboxylic acids is 4. The number of methoxy groups -OCH3 is 2. The second kappa shape index (κ2) is 17.5. The van der Waals surface area contributed by atoms with Crippen molar-refractivity contribution in [1.29, 1.82) is 0 Å². The maximum absolute atomic E-state index is 14.9. The molecular formula is C39H50F6N6O10S. The largest absolute Gasteiger partial charge is 0.497 e. The number of amides is 4. The smallest absolute Gasteiger partial charge is 0.438 e. The van der Waals surface area contributed by atoms with Crippen LogP contribution in [-0.2, 0) is 40.1 Å². The van der Waals surface area contributed by atoms with Crippen molar-refractivity contribution in [2.45, 2.75) is 125 Å². The van der Waals surface area contributed by atoms with Gasteiger partial charge in [0, 0.05) is 25.5 Å². The molecule has 62 heavy (non-hydrogen) atoms. The number of alkyl carbamates (subject to hydrolysis) is 1. The van der Waals surface area contributed by atoms with Crippen LogP contribution in [0.2, 0.25) is 0 Å². The molecule has 2 aliphatic heterocycles. The molecule has 4 aliphatic rings. The number of aromatic nitrogens is 2. The summed E-state index contributed by atoms with van der Waals surface area (Å²) in [6.07, 6.45) is -10.7. The molecule has 0 bridgehead atoms. The number of rotatable bonds is 10. The summed E-state index contributed by atoms with van der Waals surface area (Å²) in [6.45, 7) is 2.24. The number of halogens is 6. The molecule has 7 atom stereocenters. The van der Waals surface area contributed by atoms with Crippen molar-refractivity contribution in [3.8, 4) is 11.6 Å². The summed E-state index contributed by atoms with van der Waals surface area (Å²) >= 11 is 0. The van der Waals surface area contributed by atoms with Gasteiger partial charge in [0.15, 0.2) is 0 Å². The predicted octanol–water partition coefficient (Wildman–Crippen LogP) is 4.79. The molecule has 16 nitrogen and oxygen atoms in total. The lowest BCUT2D eigenvalue weighted by Crippen LogP contribution is -2.60. The molecule has 0 spiro atoms. The Morgan fingerprint density at radius 2 is 1.68 bits per heavy atom. The van der Waals surface area contributed by atoms with E-state index in [0.29, 0.717) is 52.4 Å². The van der Waals surface area contributed by atoms with Gasteiger partial charge in [0.25, 0.3) is 5.91 Å². The highest BCUT2D eigenvalue weighted by Crippen LogP contribution is 2.48. The van der Waals surface area contributed by atoms with Crippen molar-refractivity contribution in [1.82, 2.24) is 30.2 Å². The van der Waals surface area contributed by atoms with Gasteiger partial charge in [0.05, 0.1) is 36.5 Å². The van der Waals surface area contributed by atoms with Crippen molar-refractivity contribution in [3.05, 3.63) is 23.9 Å². The number of ether oxygens (including phenoxy) is 4. The first-order valence-electron chi connectivity index (χ1n) is 20.2. The van der Waals surface area contributed by atoms with Crippen LogP contribution in [0.3, 0.4) is 0 Å².